The number of ether oxygens (including phenoxy) is 6. The van der Waals surface area contributed by atoms with Crippen LogP contribution in [0.1, 0.15) is 251 Å². The van der Waals surface area contributed by atoms with Gasteiger partial charge in [-0.15, -0.1) is 0 Å². The van der Waals surface area contributed by atoms with E-state index in [0.717, 1.165) is 64.2 Å². The minimum Gasteiger partial charge on any atom is -0.394 e. The zero-order valence-corrected chi connectivity index (χ0v) is 51.9. The molecule has 0 aliphatic carbocycles. The van der Waals surface area contributed by atoms with Crippen molar-refractivity contribution in [3.8, 4) is 0 Å². The van der Waals surface area contributed by atoms with Crippen LogP contribution in [0.2, 0.25) is 0 Å². The lowest BCUT2D eigenvalue weighted by Crippen LogP contribution is -2.66. The molecule has 3 aliphatic heterocycles. The van der Waals surface area contributed by atoms with Gasteiger partial charge in [-0.2, -0.15) is 0 Å². The van der Waals surface area contributed by atoms with Gasteiger partial charge in [0.05, 0.1) is 38.6 Å². The van der Waals surface area contributed by atoms with Crippen LogP contribution in [0.15, 0.2) is 24.3 Å². The quantitative estimate of drug-likeness (QED) is 0.0204. The first-order chi connectivity index (χ1) is 40.8. The van der Waals surface area contributed by atoms with Crippen molar-refractivity contribution in [1.82, 2.24) is 5.32 Å². The number of rotatable bonds is 51. The number of aliphatic hydroxyl groups is 11. The van der Waals surface area contributed by atoms with Gasteiger partial charge in [0.15, 0.2) is 18.9 Å². The molecule has 0 bridgehead atoms. The Hall–Kier alpha value is -1.73. The number of carbonyl (C=O) groups excluding carboxylic acids is 1. The molecular weight excluding hydrogens is 1080 g/mol. The van der Waals surface area contributed by atoms with Crippen LogP contribution in [-0.2, 0) is 33.2 Å². The minimum atomic E-state index is -1.98. The molecule has 17 unspecified atom stereocenters. The van der Waals surface area contributed by atoms with Crippen molar-refractivity contribution in [2.45, 2.75) is 356 Å². The maximum Gasteiger partial charge on any atom is 0.220 e. The van der Waals surface area contributed by atoms with E-state index in [0.29, 0.717) is 6.42 Å². The molecule has 3 fully saturated rings. The van der Waals surface area contributed by atoms with Crippen LogP contribution in [0.4, 0.5) is 0 Å². The average molecular weight is 1200 g/mol. The molecule has 0 aromatic carbocycles. The number of amides is 1. The molecule has 84 heavy (non-hydrogen) atoms. The Kier molecular flexibility index (Phi) is 43.9. The summed E-state index contributed by atoms with van der Waals surface area (Å²) in [5.74, 6) is -0.285. The van der Waals surface area contributed by atoms with Gasteiger partial charge in [-0.3, -0.25) is 4.79 Å². The third-order valence-corrected chi connectivity index (χ3v) is 17.0. The second-order valence-corrected chi connectivity index (χ2v) is 24.3. The molecule has 0 saturated carbocycles. The van der Waals surface area contributed by atoms with Crippen LogP contribution >= 0.6 is 0 Å². The van der Waals surface area contributed by atoms with Gasteiger partial charge in [-0.05, 0) is 38.5 Å². The van der Waals surface area contributed by atoms with Crippen LogP contribution in [0.25, 0.3) is 0 Å². The van der Waals surface area contributed by atoms with Gasteiger partial charge in [-0.25, -0.2) is 0 Å². The van der Waals surface area contributed by atoms with E-state index in [1.54, 1.807) is 6.08 Å². The van der Waals surface area contributed by atoms with Crippen molar-refractivity contribution in [1.29, 1.82) is 0 Å². The lowest BCUT2D eigenvalue weighted by atomic mass is 9.96. The van der Waals surface area contributed by atoms with Crippen molar-refractivity contribution in [3.63, 3.8) is 0 Å². The summed E-state index contributed by atoms with van der Waals surface area (Å²) >= 11 is 0. The van der Waals surface area contributed by atoms with E-state index in [-0.39, 0.29) is 18.9 Å². The summed E-state index contributed by atoms with van der Waals surface area (Å²) in [4.78, 5) is 13.3. The predicted molar refractivity (Wildman–Crippen MR) is 323 cm³/mol. The average Bonchev–Trinajstić information content (AvgIpc) is 3.69. The summed E-state index contributed by atoms with van der Waals surface area (Å²) < 4.78 is 34.3. The highest BCUT2D eigenvalue weighted by Gasteiger charge is 2.53. The number of aliphatic hydroxyl groups excluding tert-OH is 11. The maximum atomic E-state index is 13.3. The summed E-state index contributed by atoms with van der Waals surface area (Å²) in [5, 5.41) is 120. The standard InChI is InChI=1S/C65H121NO18/c1-3-5-7-9-11-13-15-16-17-18-19-20-21-22-23-24-25-26-27-28-29-30-31-33-34-36-38-40-42-49(70)48(66-53(71)43-41-39-37-35-32-14-12-10-8-6-4-2)47-79-63-59(77)56(74)61(51(45-68)81-63)84-65-60(78)57(75)62(52(46-69)82-65)83-64-58(76)55(73)54(72)50(44-67)80-64/h10,12,40,42,48-52,54-65,67-70,72-78H,3-9,11,13-39,41,43-47H2,1-2H3,(H,66,71)/b12-10-,42-40+. The molecule has 17 atom stereocenters. The molecule has 494 valence electrons. The second kappa shape index (κ2) is 48.2. The minimum absolute atomic E-state index is 0.234. The van der Waals surface area contributed by atoms with Gasteiger partial charge < -0.3 is 89.9 Å². The number of hydrogen-bond donors (Lipinski definition) is 12. The van der Waals surface area contributed by atoms with Crippen LogP contribution in [-0.4, -0.2) is 193 Å². The molecule has 0 spiro atoms. The van der Waals surface area contributed by atoms with E-state index >= 15 is 0 Å². The van der Waals surface area contributed by atoms with Crippen LogP contribution in [0.3, 0.4) is 0 Å². The van der Waals surface area contributed by atoms with Gasteiger partial charge in [0.1, 0.15) is 73.2 Å². The van der Waals surface area contributed by atoms with E-state index in [1.807, 2.05) is 6.08 Å². The molecule has 3 heterocycles. The zero-order valence-electron chi connectivity index (χ0n) is 51.9. The van der Waals surface area contributed by atoms with Gasteiger partial charge in [0, 0.05) is 6.42 Å². The Morgan fingerprint density at radius 1 is 0.417 bits per heavy atom. The highest BCUT2D eigenvalue weighted by Crippen LogP contribution is 2.33. The zero-order chi connectivity index (χ0) is 61.2. The first-order valence-electron chi connectivity index (χ1n) is 33.6. The van der Waals surface area contributed by atoms with E-state index in [2.05, 4.69) is 31.3 Å². The fraction of sp³-hybridized carbons (Fsp3) is 0.923. The Morgan fingerprint density at radius 3 is 1.19 bits per heavy atom. The molecule has 1 amide bonds. The Balaban J connectivity index is 1.40. The Labute approximate surface area is 505 Å². The number of unbranched alkanes of at least 4 members (excludes halogenated alkanes) is 33. The Bertz CT molecular complexity index is 1630. The first-order valence-corrected chi connectivity index (χ1v) is 33.6. The molecule has 3 saturated heterocycles. The summed E-state index contributed by atoms with van der Waals surface area (Å²) in [6.45, 7) is 1.69. The van der Waals surface area contributed by atoms with E-state index in [9.17, 15) is 61.0 Å². The van der Waals surface area contributed by atoms with Gasteiger partial charge >= 0.3 is 0 Å². The number of carbonyl (C=O) groups is 1. The normalized spacial score (nSPS) is 29.3. The molecule has 0 aromatic rings. The first kappa shape index (κ1) is 76.5. The summed E-state index contributed by atoms with van der Waals surface area (Å²) in [5.41, 5.74) is 0. The van der Waals surface area contributed by atoms with Crippen molar-refractivity contribution < 1.29 is 89.4 Å². The van der Waals surface area contributed by atoms with Gasteiger partial charge in [0.25, 0.3) is 0 Å². The fourth-order valence-electron chi connectivity index (χ4n) is 11.5. The monoisotopic (exact) mass is 1200 g/mol. The summed E-state index contributed by atoms with van der Waals surface area (Å²) in [6, 6.07) is -0.975. The topological polar surface area (TPSA) is 307 Å². The second-order valence-electron chi connectivity index (χ2n) is 24.3. The smallest absolute Gasteiger partial charge is 0.220 e. The SMILES string of the molecule is CCCC/C=C\CCCCCCCC(=O)NC(COC1OC(CO)C(OC2OC(CO)C(OC3OC(CO)C(O)C(O)C3O)C(O)C2O)C(O)C1O)C(O)/C=C/CCCCCCCCCCCCCCCCCCCCCCCCCCCC. The maximum absolute atomic E-state index is 13.3. The largest absolute Gasteiger partial charge is 0.394 e. The molecule has 0 aromatic heterocycles. The lowest BCUT2D eigenvalue weighted by molar-refractivity contribution is -0.379. The highest BCUT2D eigenvalue weighted by molar-refractivity contribution is 5.76. The van der Waals surface area contributed by atoms with Crippen molar-refractivity contribution in [2.24, 2.45) is 0 Å². The van der Waals surface area contributed by atoms with Crippen LogP contribution in [0, 0.1) is 0 Å². The van der Waals surface area contributed by atoms with Gasteiger partial charge in [-0.1, -0.05) is 231 Å². The van der Waals surface area contributed by atoms with E-state index < -0.39 is 124 Å². The molecule has 12 N–H and O–H groups in total. The molecule has 3 aliphatic rings. The van der Waals surface area contributed by atoms with Crippen molar-refractivity contribution in [2.75, 3.05) is 26.4 Å². The number of hydrogen-bond acceptors (Lipinski definition) is 18. The molecule has 19 heteroatoms. The molecular formula is C65H121NO18. The summed E-state index contributed by atoms with van der Waals surface area (Å²) in [6.07, 6.45) is 26.1. The highest BCUT2D eigenvalue weighted by atomic mass is 16.8. The van der Waals surface area contributed by atoms with Crippen LogP contribution < -0.4 is 5.32 Å². The fourth-order valence-corrected chi connectivity index (χ4v) is 11.5. The van der Waals surface area contributed by atoms with E-state index in [4.69, 9.17) is 28.4 Å². The van der Waals surface area contributed by atoms with E-state index in [1.165, 1.54) is 161 Å². The number of allylic oxidation sites excluding steroid dienone is 3. The van der Waals surface area contributed by atoms with Crippen molar-refractivity contribution in [3.05, 3.63) is 24.3 Å². The van der Waals surface area contributed by atoms with Crippen molar-refractivity contribution >= 4 is 5.91 Å². The Morgan fingerprint density at radius 2 is 0.762 bits per heavy atom. The molecule has 19 nitrogen and oxygen atoms in total. The summed E-state index contributed by atoms with van der Waals surface area (Å²) in [7, 11) is 0. The number of nitrogens with one attached hydrogen (secondary N) is 1. The molecule has 0 radical (unpaired) electrons. The predicted octanol–water partition coefficient (Wildman–Crippen LogP) is 7.88. The van der Waals surface area contributed by atoms with Crippen LogP contribution in [0.5, 0.6) is 0 Å². The molecule has 3 rings (SSSR count). The third-order valence-electron chi connectivity index (χ3n) is 17.0. The lowest BCUT2D eigenvalue weighted by Gasteiger charge is -2.48. The van der Waals surface area contributed by atoms with Gasteiger partial charge in [0.2, 0.25) is 5.91 Å². The third kappa shape index (κ3) is 30.7.